The molecule has 0 aliphatic heterocycles. The van der Waals surface area contributed by atoms with Crippen molar-refractivity contribution in [2.75, 3.05) is 45.0 Å². The van der Waals surface area contributed by atoms with Gasteiger partial charge in [-0.05, 0) is 59.3 Å². The molecule has 1 unspecified atom stereocenters. The summed E-state index contributed by atoms with van der Waals surface area (Å²) < 4.78 is -2.14. The van der Waals surface area contributed by atoms with E-state index < -0.39 is 68.5 Å². The van der Waals surface area contributed by atoms with Crippen molar-refractivity contribution < 1.29 is 34.5 Å². The number of phenols is 1. The summed E-state index contributed by atoms with van der Waals surface area (Å²) in [7, 11) is 6.68. The number of hydrogen-bond acceptors (Lipinski definition) is 12. The fourth-order valence-electron chi connectivity index (χ4n) is 6.44. The van der Waals surface area contributed by atoms with Crippen LogP contribution in [0, 0.1) is 5.92 Å². The molecule has 4 rings (SSSR count). The van der Waals surface area contributed by atoms with Crippen LogP contribution in [0.15, 0.2) is 28.7 Å². The second-order valence-corrected chi connectivity index (χ2v) is 13.7. The molecule has 13 nitrogen and oxygen atoms in total. The van der Waals surface area contributed by atoms with Crippen LogP contribution in [-0.4, -0.2) is 100 Å². The van der Waals surface area contributed by atoms with Crippen LogP contribution >= 0.6 is 12.6 Å². The molecular formula is C29H40N6O7S. The minimum atomic E-state index is -2.14. The number of amides is 2. The summed E-state index contributed by atoms with van der Waals surface area (Å²) in [6.45, 7) is 5.61. The number of aliphatic hydroxyl groups is 2. The molecule has 14 heteroatoms. The summed E-state index contributed by atoms with van der Waals surface area (Å²) in [6, 6.07) is 0.542. The lowest BCUT2D eigenvalue weighted by molar-refractivity contribution is -0.125. The van der Waals surface area contributed by atoms with Crippen LogP contribution < -0.4 is 27.0 Å². The number of anilines is 2. The van der Waals surface area contributed by atoms with Gasteiger partial charge in [0.1, 0.15) is 21.8 Å². The van der Waals surface area contributed by atoms with Crippen LogP contribution in [-0.2, 0) is 20.8 Å². The van der Waals surface area contributed by atoms with Crippen molar-refractivity contribution in [2.24, 2.45) is 17.4 Å². The molecular weight excluding hydrogens is 576 g/mol. The van der Waals surface area contributed by atoms with Crippen LogP contribution in [0.2, 0.25) is 0 Å². The van der Waals surface area contributed by atoms with E-state index in [0.717, 1.165) is 0 Å². The third-order valence-corrected chi connectivity index (χ3v) is 9.12. The molecule has 9 N–H and O–H groups in total. The Morgan fingerprint density at radius 2 is 1.74 bits per heavy atom. The van der Waals surface area contributed by atoms with E-state index in [1.807, 2.05) is 20.8 Å². The van der Waals surface area contributed by atoms with E-state index in [2.05, 4.69) is 23.3 Å². The van der Waals surface area contributed by atoms with Gasteiger partial charge in [0.15, 0.2) is 17.3 Å². The molecule has 0 saturated carbocycles. The molecule has 3 aliphatic carbocycles. The minimum absolute atomic E-state index is 0.0271. The Kier molecular flexibility index (Phi) is 7.92. The quantitative estimate of drug-likeness (QED) is 0.125. The minimum Gasteiger partial charge on any atom is -0.510 e. The van der Waals surface area contributed by atoms with Crippen LogP contribution in [0.25, 0.3) is 0 Å². The largest absolute Gasteiger partial charge is 0.510 e. The number of primary amides is 1. The lowest BCUT2D eigenvalue weighted by Gasteiger charge is -2.53. The molecule has 0 fully saturated rings. The van der Waals surface area contributed by atoms with Crippen molar-refractivity contribution in [3.8, 4) is 5.75 Å². The number of thiol groups is 1. The van der Waals surface area contributed by atoms with E-state index in [1.54, 1.807) is 44.1 Å². The zero-order valence-corrected chi connectivity index (χ0v) is 26.2. The monoisotopic (exact) mass is 616 g/mol. The van der Waals surface area contributed by atoms with Gasteiger partial charge in [0.25, 0.3) is 5.91 Å². The highest BCUT2D eigenvalue weighted by Crippen LogP contribution is 2.56. The smallest absolute Gasteiger partial charge is 0.255 e. The zero-order valence-electron chi connectivity index (χ0n) is 25.3. The summed E-state index contributed by atoms with van der Waals surface area (Å²) in [5.41, 5.74) is 10.1. The number of hydrogen-bond donors (Lipinski definition) is 8. The van der Waals surface area contributed by atoms with Gasteiger partial charge in [-0.3, -0.25) is 24.1 Å². The standard InChI is InChI=1S/C29H40N6O7S/c1-27(2,3)32-11-16(36)33-14-8-15(34(4)5)12-9-28(31)10-13-20(35(6)7)23(39)18(26(30)42)24(40)29(13,43)25(41)19(28)22(38)17(12)21(14)37/h8,13,20,32,37,39,41,43H,9-11,31H2,1-7H3,(H2,30,42)(H,33,36)/t13-,20?,28+,29+/m0/s1. The summed E-state index contributed by atoms with van der Waals surface area (Å²) >= 11 is 4.59. The molecule has 2 amide bonds. The maximum absolute atomic E-state index is 14.3. The third-order valence-electron chi connectivity index (χ3n) is 8.38. The van der Waals surface area contributed by atoms with Gasteiger partial charge in [-0.1, -0.05) is 0 Å². The number of benzene rings is 1. The molecule has 0 heterocycles. The Morgan fingerprint density at radius 1 is 1.14 bits per heavy atom. The van der Waals surface area contributed by atoms with Crippen molar-refractivity contribution in [3.63, 3.8) is 0 Å². The zero-order chi connectivity index (χ0) is 32.6. The maximum Gasteiger partial charge on any atom is 0.255 e. The first-order valence-electron chi connectivity index (χ1n) is 13.7. The van der Waals surface area contributed by atoms with Gasteiger partial charge in [-0.2, -0.15) is 12.6 Å². The Morgan fingerprint density at radius 3 is 2.26 bits per heavy atom. The predicted octanol–water partition coefficient (Wildman–Crippen LogP) is 0.532. The number of nitrogens with two attached hydrogens (primary N) is 2. The number of nitrogens with one attached hydrogen (secondary N) is 2. The number of rotatable bonds is 6. The van der Waals surface area contributed by atoms with Crippen molar-refractivity contribution in [2.45, 2.75) is 55.5 Å². The first kappa shape index (κ1) is 32.3. The molecule has 0 radical (unpaired) electrons. The normalized spacial score (nSPS) is 27.1. The first-order chi connectivity index (χ1) is 19.7. The number of nitrogens with zero attached hydrogens (tertiary/aromatic N) is 2. The lowest BCUT2D eigenvalue weighted by atomic mass is 9.57. The van der Waals surface area contributed by atoms with Crippen LogP contribution in [0.1, 0.15) is 43.1 Å². The summed E-state index contributed by atoms with van der Waals surface area (Å²) in [4.78, 5) is 56.2. The highest BCUT2D eigenvalue weighted by Gasteiger charge is 2.65. The van der Waals surface area contributed by atoms with E-state index in [-0.39, 0.29) is 41.7 Å². The highest BCUT2D eigenvalue weighted by molar-refractivity contribution is 7.83. The van der Waals surface area contributed by atoms with Crippen molar-refractivity contribution in [1.29, 1.82) is 0 Å². The van der Waals surface area contributed by atoms with Crippen molar-refractivity contribution in [1.82, 2.24) is 10.2 Å². The summed E-state index contributed by atoms with van der Waals surface area (Å²) in [6.07, 6.45) is -0.146. The summed E-state index contributed by atoms with van der Waals surface area (Å²) in [5, 5.41) is 39.8. The van der Waals surface area contributed by atoms with Gasteiger partial charge in [0.05, 0.1) is 34.9 Å². The van der Waals surface area contributed by atoms with Crippen molar-refractivity contribution >= 4 is 47.4 Å². The molecule has 0 spiro atoms. The number of fused-ring (bicyclic) bond motifs is 3. The maximum atomic E-state index is 14.3. The van der Waals surface area contributed by atoms with Crippen molar-refractivity contribution in [3.05, 3.63) is 39.9 Å². The number of carbonyl (C=O) groups excluding carboxylic acids is 4. The Balaban J connectivity index is 1.92. The number of ketones is 2. The number of aromatic hydroxyl groups is 1. The average Bonchev–Trinajstić information content (AvgIpc) is 2.85. The second-order valence-electron chi connectivity index (χ2n) is 13.0. The van der Waals surface area contributed by atoms with E-state index in [1.165, 1.54) is 0 Å². The van der Waals surface area contributed by atoms with E-state index in [0.29, 0.717) is 11.3 Å². The molecule has 4 atom stereocenters. The Bertz CT molecular complexity index is 1510. The third kappa shape index (κ3) is 5.05. The van der Waals surface area contributed by atoms with E-state index in [9.17, 15) is 34.5 Å². The fourth-order valence-corrected chi connectivity index (χ4v) is 6.89. The molecule has 1 aromatic carbocycles. The molecule has 3 aliphatic rings. The predicted molar refractivity (Wildman–Crippen MR) is 165 cm³/mol. The van der Waals surface area contributed by atoms with Gasteiger partial charge >= 0.3 is 0 Å². The van der Waals surface area contributed by atoms with Crippen LogP contribution in [0.3, 0.4) is 0 Å². The summed E-state index contributed by atoms with van der Waals surface area (Å²) in [5.74, 6) is -6.42. The van der Waals surface area contributed by atoms with Crippen LogP contribution in [0.4, 0.5) is 11.4 Å². The SMILES string of the molecule is CN(C)c1cc(NC(=O)CNC(C)(C)C)c(O)c2c1C[C@@]1(N)C[C@H]3C(N(C)C)C(O)=C(C(N)=O)C(=O)[C@@]3(S)C(O)=C1C2=O. The lowest BCUT2D eigenvalue weighted by Crippen LogP contribution is -2.66. The molecule has 234 valence electrons. The van der Waals surface area contributed by atoms with Crippen LogP contribution in [0.5, 0.6) is 5.75 Å². The Hall–Kier alpha value is -3.59. The topological polar surface area (TPSA) is 212 Å². The number of carbonyl (C=O) groups is 4. The highest BCUT2D eigenvalue weighted by atomic mass is 32.1. The first-order valence-corrected chi connectivity index (χ1v) is 14.2. The fraction of sp³-hybridized carbons (Fsp3) is 0.517. The van der Waals surface area contributed by atoms with E-state index in [4.69, 9.17) is 11.5 Å². The molecule has 0 saturated heterocycles. The second kappa shape index (κ2) is 10.5. The number of likely N-dealkylation sites (N-methyl/N-ethyl adjacent to an activating group) is 1. The molecule has 0 bridgehead atoms. The van der Waals surface area contributed by atoms with Gasteiger partial charge in [0.2, 0.25) is 5.91 Å². The average molecular weight is 617 g/mol. The Labute approximate surface area is 255 Å². The van der Waals surface area contributed by atoms with Gasteiger partial charge in [0, 0.05) is 31.2 Å². The number of aliphatic hydroxyl groups excluding tert-OH is 2. The molecule has 0 aromatic heterocycles. The number of phenolic OH excluding ortho intramolecular Hbond substituents is 1. The van der Waals surface area contributed by atoms with Gasteiger partial charge in [-0.15, -0.1) is 0 Å². The number of Topliss-reactive ketones (excluding diaryl/α,β-unsaturated/α-hetero) is 2. The van der Waals surface area contributed by atoms with E-state index >= 15 is 0 Å². The van der Waals surface area contributed by atoms with Gasteiger partial charge in [-0.25, -0.2) is 0 Å². The molecule has 43 heavy (non-hydrogen) atoms. The van der Waals surface area contributed by atoms with Gasteiger partial charge < -0.3 is 42.3 Å². The molecule has 1 aromatic rings.